The second-order valence-electron chi connectivity index (χ2n) is 5.46. The molecule has 1 N–H and O–H groups in total. The number of benzene rings is 1. The average molecular weight is 388 g/mol. The summed E-state index contributed by atoms with van der Waals surface area (Å²) in [6.45, 7) is 6.52. The number of rotatable bonds is 6. The molecule has 0 radical (unpaired) electrons. The van der Waals surface area contributed by atoms with Crippen molar-refractivity contribution in [1.82, 2.24) is 10.2 Å². The predicted molar refractivity (Wildman–Crippen MR) is 102 cm³/mol. The lowest BCUT2D eigenvalue weighted by atomic mass is 9.98. The fourth-order valence-electron chi connectivity index (χ4n) is 2.89. The van der Waals surface area contributed by atoms with Gasteiger partial charge >= 0.3 is 0 Å². The van der Waals surface area contributed by atoms with Gasteiger partial charge in [-0.1, -0.05) is 49.4 Å². The van der Waals surface area contributed by atoms with Crippen LogP contribution in [-0.2, 0) is 0 Å². The highest BCUT2D eigenvalue weighted by molar-refractivity contribution is 6.33. The van der Waals surface area contributed by atoms with E-state index in [2.05, 4.69) is 17.1 Å². The second-order valence-corrected chi connectivity index (χ2v) is 6.31. The van der Waals surface area contributed by atoms with Gasteiger partial charge in [0.15, 0.2) is 0 Å². The highest BCUT2D eigenvalue weighted by Gasteiger charge is 2.23. The molecule has 0 aliphatic carbocycles. The van der Waals surface area contributed by atoms with Gasteiger partial charge < -0.3 is 5.32 Å². The Morgan fingerprint density at radius 3 is 2.45 bits per heavy atom. The summed E-state index contributed by atoms with van der Waals surface area (Å²) in [5.41, 5.74) is 1.19. The summed E-state index contributed by atoms with van der Waals surface area (Å²) in [5, 5.41) is 5.03. The van der Waals surface area contributed by atoms with Crippen molar-refractivity contribution in [1.29, 1.82) is 0 Å². The SMILES string of the molecule is CCCCC[C@@H](c1cc(Cl)ccc1Cl)N1CCNCC1.Cl.Cl. The molecular formula is C16H26Cl4N2. The highest BCUT2D eigenvalue weighted by Crippen LogP contribution is 2.33. The third-order valence-corrected chi connectivity index (χ3v) is 4.57. The van der Waals surface area contributed by atoms with Gasteiger partial charge in [-0.2, -0.15) is 0 Å². The van der Waals surface area contributed by atoms with Crippen LogP contribution in [0, 0.1) is 0 Å². The molecule has 1 aromatic rings. The Kier molecular flexibility index (Phi) is 11.9. The molecule has 0 spiro atoms. The molecule has 0 saturated carbocycles. The van der Waals surface area contributed by atoms with Gasteiger partial charge in [0.25, 0.3) is 0 Å². The minimum Gasteiger partial charge on any atom is -0.314 e. The Bertz CT molecular complexity index is 423. The maximum Gasteiger partial charge on any atom is 0.0454 e. The van der Waals surface area contributed by atoms with Crippen LogP contribution in [0.5, 0.6) is 0 Å². The fraction of sp³-hybridized carbons (Fsp3) is 0.625. The molecule has 0 bridgehead atoms. The van der Waals surface area contributed by atoms with Crippen LogP contribution in [0.3, 0.4) is 0 Å². The first-order chi connectivity index (χ1) is 9.72. The molecule has 1 aliphatic rings. The monoisotopic (exact) mass is 386 g/mol. The van der Waals surface area contributed by atoms with Gasteiger partial charge in [-0.05, 0) is 30.2 Å². The van der Waals surface area contributed by atoms with Crippen LogP contribution in [0.4, 0.5) is 0 Å². The van der Waals surface area contributed by atoms with Gasteiger partial charge in [0.1, 0.15) is 0 Å². The van der Waals surface area contributed by atoms with Crippen molar-refractivity contribution in [2.75, 3.05) is 26.2 Å². The minimum absolute atomic E-state index is 0. The first-order valence-electron chi connectivity index (χ1n) is 7.62. The summed E-state index contributed by atoms with van der Waals surface area (Å²) >= 11 is 12.6. The summed E-state index contributed by atoms with van der Waals surface area (Å²) in [7, 11) is 0. The molecule has 1 atom stereocenters. The maximum atomic E-state index is 6.42. The third kappa shape index (κ3) is 6.43. The zero-order valence-corrected chi connectivity index (χ0v) is 16.1. The van der Waals surface area contributed by atoms with Crippen LogP contribution >= 0.6 is 48.0 Å². The van der Waals surface area contributed by atoms with E-state index in [-0.39, 0.29) is 24.8 Å². The molecular weight excluding hydrogens is 362 g/mol. The Morgan fingerprint density at radius 1 is 1.14 bits per heavy atom. The molecule has 0 unspecified atom stereocenters. The van der Waals surface area contributed by atoms with Gasteiger partial charge in [-0.3, -0.25) is 4.90 Å². The lowest BCUT2D eigenvalue weighted by Gasteiger charge is -2.36. The Labute approximate surface area is 156 Å². The van der Waals surface area contributed by atoms with Crippen LogP contribution in [0.15, 0.2) is 18.2 Å². The normalized spacial score (nSPS) is 16.5. The number of piperazine rings is 1. The Balaban J connectivity index is 0.00000220. The van der Waals surface area contributed by atoms with E-state index in [0.717, 1.165) is 42.6 Å². The average Bonchev–Trinajstić information content (AvgIpc) is 2.48. The van der Waals surface area contributed by atoms with E-state index in [1.807, 2.05) is 18.2 Å². The molecule has 128 valence electrons. The molecule has 0 aromatic heterocycles. The summed E-state index contributed by atoms with van der Waals surface area (Å²) in [6.07, 6.45) is 4.93. The Hall–Kier alpha value is 0.300. The number of nitrogens with zero attached hydrogens (tertiary/aromatic N) is 1. The zero-order valence-electron chi connectivity index (χ0n) is 13.0. The van der Waals surface area contributed by atoms with E-state index in [1.54, 1.807) is 0 Å². The van der Waals surface area contributed by atoms with E-state index in [9.17, 15) is 0 Å². The summed E-state index contributed by atoms with van der Waals surface area (Å²) < 4.78 is 0. The molecule has 1 saturated heterocycles. The molecule has 2 rings (SSSR count). The van der Waals surface area contributed by atoms with Crippen molar-refractivity contribution in [2.24, 2.45) is 0 Å². The van der Waals surface area contributed by atoms with Crippen molar-refractivity contribution < 1.29 is 0 Å². The topological polar surface area (TPSA) is 15.3 Å². The van der Waals surface area contributed by atoms with Crippen molar-refractivity contribution >= 4 is 48.0 Å². The minimum atomic E-state index is 0. The summed E-state index contributed by atoms with van der Waals surface area (Å²) in [6, 6.07) is 6.24. The van der Waals surface area contributed by atoms with Crippen LogP contribution in [0.1, 0.15) is 44.2 Å². The van der Waals surface area contributed by atoms with Crippen molar-refractivity contribution in [2.45, 2.75) is 38.6 Å². The molecule has 0 amide bonds. The van der Waals surface area contributed by atoms with E-state index in [4.69, 9.17) is 23.2 Å². The lowest BCUT2D eigenvalue weighted by molar-refractivity contribution is 0.163. The number of halogens is 4. The van der Waals surface area contributed by atoms with Gasteiger partial charge in [0, 0.05) is 42.3 Å². The lowest BCUT2D eigenvalue weighted by Crippen LogP contribution is -2.45. The number of hydrogen-bond acceptors (Lipinski definition) is 2. The van der Waals surface area contributed by atoms with Gasteiger partial charge in [0.05, 0.1) is 0 Å². The standard InChI is InChI=1S/C16H24Cl2N2.2ClH/c1-2-3-4-5-16(20-10-8-19-9-11-20)14-12-13(17)6-7-15(14)18;;/h6-7,12,16,19H,2-5,8-11H2,1H3;2*1H/t16-;;/m0../s1. The Morgan fingerprint density at radius 2 is 1.82 bits per heavy atom. The molecule has 1 aromatic carbocycles. The highest BCUT2D eigenvalue weighted by atomic mass is 35.5. The van der Waals surface area contributed by atoms with E-state index in [0.29, 0.717) is 6.04 Å². The van der Waals surface area contributed by atoms with Gasteiger partial charge in [0.2, 0.25) is 0 Å². The molecule has 1 heterocycles. The summed E-state index contributed by atoms with van der Waals surface area (Å²) in [5.74, 6) is 0. The van der Waals surface area contributed by atoms with Gasteiger partial charge in [-0.15, -0.1) is 24.8 Å². The van der Waals surface area contributed by atoms with Crippen LogP contribution in [0.25, 0.3) is 0 Å². The molecule has 1 aliphatic heterocycles. The zero-order chi connectivity index (χ0) is 14.4. The van der Waals surface area contributed by atoms with Crippen molar-refractivity contribution in [3.8, 4) is 0 Å². The van der Waals surface area contributed by atoms with E-state index >= 15 is 0 Å². The third-order valence-electron chi connectivity index (χ3n) is 3.99. The molecule has 22 heavy (non-hydrogen) atoms. The maximum absolute atomic E-state index is 6.42. The number of hydrogen-bond donors (Lipinski definition) is 1. The summed E-state index contributed by atoms with van der Waals surface area (Å²) in [4.78, 5) is 2.55. The molecule has 6 heteroatoms. The quantitative estimate of drug-likeness (QED) is 0.660. The van der Waals surface area contributed by atoms with Crippen molar-refractivity contribution in [3.05, 3.63) is 33.8 Å². The van der Waals surface area contributed by atoms with Gasteiger partial charge in [-0.25, -0.2) is 0 Å². The largest absolute Gasteiger partial charge is 0.314 e. The van der Waals surface area contributed by atoms with Crippen LogP contribution < -0.4 is 5.32 Å². The first-order valence-corrected chi connectivity index (χ1v) is 8.37. The smallest absolute Gasteiger partial charge is 0.0454 e. The fourth-order valence-corrected chi connectivity index (χ4v) is 3.31. The van der Waals surface area contributed by atoms with Crippen molar-refractivity contribution in [3.63, 3.8) is 0 Å². The van der Waals surface area contributed by atoms with E-state index < -0.39 is 0 Å². The molecule has 2 nitrogen and oxygen atoms in total. The predicted octanol–water partition coefficient (Wildman–Crippen LogP) is 5.36. The van der Waals surface area contributed by atoms with Crippen LogP contribution in [0.2, 0.25) is 10.0 Å². The number of unbranched alkanes of at least 4 members (excludes halogenated alkanes) is 2. The first kappa shape index (κ1) is 22.3. The second kappa shape index (κ2) is 11.8. The van der Waals surface area contributed by atoms with Crippen LogP contribution in [-0.4, -0.2) is 31.1 Å². The van der Waals surface area contributed by atoms with E-state index in [1.165, 1.54) is 24.8 Å². The number of nitrogens with one attached hydrogen (secondary N) is 1. The molecule has 1 fully saturated rings.